The van der Waals surface area contributed by atoms with Crippen LogP contribution in [-0.2, 0) is 0 Å². The number of benzene rings is 8. The minimum absolute atomic E-state index is 0.189. The molecule has 0 unspecified atom stereocenters. The number of hydrogen-bond donors (Lipinski definition) is 0. The summed E-state index contributed by atoms with van der Waals surface area (Å²) in [6, 6.07) is 62.9. The molecule has 13 rings (SSSR count). The second-order valence-corrected chi connectivity index (χ2v) is 16.6. The van der Waals surface area contributed by atoms with Crippen LogP contribution in [0.1, 0.15) is 13.8 Å². The second kappa shape index (κ2) is 12.2. The van der Waals surface area contributed by atoms with Crippen molar-refractivity contribution in [3.05, 3.63) is 170 Å². The Morgan fingerprint density at radius 2 is 0.839 bits per heavy atom. The van der Waals surface area contributed by atoms with Gasteiger partial charge in [-0.15, -0.1) is 0 Å². The lowest BCUT2D eigenvalue weighted by molar-refractivity contribution is 1.13. The van der Waals surface area contributed by atoms with Crippen LogP contribution in [0.25, 0.3) is 55.0 Å². The first kappa shape index (κ1) is 32.2. The van der Waals surface area contributed by atoms with E-state index in [4.69, 9.17) is 0 Å². The summed E-state index contributed by atoms with van der Waals surface area (Å²) in [5.74, 6) is 0. The van der Waals surface area contributed by atoms with Gasteiger partial charge in [-0.2, -0.15) is 0 Å². The lowest BCUT2D eigenvalue weighted by Crippen LogP contribution is -2.62. The lowest BCUT2D eigenvalue weighted by Gasteiger charge is -2.43. The molecule has 0 bridgehead atoms. The second-order valence-electron chi connectivity index (χ2n) is 14.4. The normalized spacial score (nSPS) is 13.3. The third-order valence-electron chi connectivity index (χ3n) is 11.7. The third kappa shape index (κ3) is 4.29. The van der Waals surface area contributed by atoms with Crippen LogP contribution in [0.15, 0.2) is 189 Å². The van der Waals surface area contributed by atoms with Crippen molar-refractivity contribution >= 4 is 107 Å². The zero-order valence-corrected chi connectivity index (χ0v) is 32.5. The van der Waals surface area contributed by atoms with Gasteiger partial charge in [0.2, 0.25) is 0 Å². The van der Waals surface area contributed by atoms with Gasteiger partial charge in [0.1, 0.15) is 0 Å². The number of nitrogens with zero attached hydrogens (tertiary/aromatic N) is 3. The van der Waals surface area contributed by atoms with Crippen molar-refractivity contribution in [3.8, 4) is 11.4 Å². The van der Waals surface area contributed by atoms with Gasteiger partial charge in [-0.05, 0) is 89.2 Å². The van der Waals surface area contributed by atoms with Crippen molar-refractivity contribution in [2.45, 2.75) is 33.4 Å². The molecular weight excluding hydrogens is 718 g/mol. The first-order valence-corrected chi connectivity index (χ1v) is 21.1. The van der Waals surface area contributed by atoms with Crippen molar-refractivity contribution in [1.29, 1.82) is 0 Å². The highest BCUT2D eigenvalue weighted by Gasteiger charge is 2.45. The molecule has 0 atom stereocenters. The van der Waals surface area contributed by atoms with Crippen LogP contribution in [0.3, 0.4) is 0 Å². The molecule has 0 spiro atoms. The van der Waals surface area contributed by atoms with Gasteiger partial charge in [0, 0.05) is 69.6 Å². The molecule has 0 radical (unpaired) electrons. The fourth-order valence-corrected chi connectivity index (χ4v) is 12.2. The summed E-state index contributed by atoms with van der Waals surface area (Å²) in [7, 11) is 0. The molecule has 3 aliphatic rings. The minimum Gasteiger partial charge on any atom is -0.311 e. The summed E-state index contributed by atoms with van der Waals surface area (Å²) in [6.07, 6.45) is 0. The maximum absolute atomic E-state index is 2.55. The summed E-state index contributed by atoms with van der Waals surface area (Å²) < 4.78 is 5.03. The number of fused-ring (bicyclic) bond motifs is 7. The molecule has 0 N–H and O–H groups in total. The fraction of sp³-hybridized carbons (Fsp3) is 0.0400. The Kier molecular flexibility index (Phi) is 7.02. The van der Waals surface area contributed by atoms with Crippen LogP contribution in [0, 0.1) is 0 Å². The van der Waals surface area contributed by atoms with E-state index in [-0.39, 0.29) is 6.71 Å². The van der Waals surface area contributed by atoms with E-state index in [9.17, 15) is 0 Å². The average Bonchev–Trinajstić information content (AvgIpc) is 3.78. The van der Waals surface area contributed by atoms with Gasteiger partial charge in [-0.3, -0.25) is 0 Å². The molecule has 0 fully saturated rings. The van der Waals surface area contributed by atoms with Crippen LogP contribution in [-0.4, -0.2) is 15.8 Å². The number of para-hydroxylation sites is 4. The Morgan fingerprint density at radius 1 is 0.375 bits per heavy atom. The van der Waals surface area contributed by atoms with Crippen molar-refractivity contribution in [2.24, 2.45) is 0 Å². The molecule has 5 heterocycles. The Hall–Kier alpha value is -6.08. The number of hydrogen-bond acceptors (Lipinski definition) is 3. The molecule has 56 heavy (non-hydrogen) atoms. The lowest BCUT2D eigenvalue weighted by atomic mass is 9.34. The molecule has 10 aromatic rings. The largest absolute Gasteiger partial charge is 0.311 e. The zero-order chi connectivity index (χ0) is 37.1. The molecule has 264 valence electrons. The summed E-state index contributed by atoms with van der Waals surface area (Å²) in [6.45, 7) is 4.19. The zero-order valence-electron chi connectivity index (χ0n) is 30.9. The molecule has 0 aliphatic carbocycles. The first-order chi connectivity index (χ1) is 27.8. The average molecular weight is 752 g/mol. The molecule has 2 aromatic heterocycles. The van der Waals surface area contributed by atoms with Crippen molar-refractivity contribution in [2.75, 3.05) is 4.90 Å². The van der Waals surface area contributed by atoms with E-state index in [0.29, 0.717) is 0 Å². The van der Waals surface area contributed by atoms with Gasteiger partial charge < -0.3 is 14.0 Å². The monoisotopic (exact) mass is 751 g/mol. The van der Waals surface area contributed by atoms with Crippen LogP contribution in [0.4, 0.5) is 17.1 Å². The van der Waals surface area contributed by atoms with E-state index in [0.717, 1.165) is 0 Å². The maximum Gasteiger partial charge on any atom is 0.252 e. The van der Waals surface area contributed by atoms with E-state index in [2.05, 4.69) is 184 Å². The Bertz CT molecular complexity index is 3160. The standard InChI is InChI=1S/C48H28BN3S2.C2H6/c1-3-13-29(14-4-1)50-38-21-11-23-40-44(38)49-45-39(50)22-12-24-41(45)54-43-28-31(27-42(53-40)46(43)49)52-37-20-10-8-18-33(37)35-26-25-34-32-17-7-9-19-36(32)51(47(34)48(35)52)30-15-5-2-6-16-30;1-2/h1-28H;1-2H3. The van der Waals surface area contributed by atoms with Gasteiger partial charge >= 0.3 is 0 Å². The molecular formula is C50H34BN3S2. The highest BCUT2D eigenvalue weighted by molar-refractivity contribution is 8.01. The Balaban J connectivity index is 0.00000170. The Labute approximate surface area is 334 Å². The maximum atomic E-state index is 2.55. The van der Waals surface area contributed by atoms with Crippen LogP contribution in [0.5, 0.6) is 0 Å². The molecule has 8 aromatic carbocycles. The van der Waals surface area contributed by atoms with Crippen molar-refractivity contribution in [1.82, 2.24) is 9.13 Å². The first-order valence-electron chi connectivity index (χ1n) is 19.5. The molecule has 0 amide bonds. The highest BCUT2D eigenvalue weighted by Crippen LogP contribution is 2.48. The van der Waals surface area contributed by atoms with E-state index >= 15 is 0 Å². The number of rotatable bonds is 3. The van der Waals surface area contributed by atoms with Crippen LogP contribution >= 0.6 is 23.5 Å². The predicted molar refractivity (Wildman–Crippen MR) is 240 cm³/mol. The molecule has 3 nitrogen and oxygen atoms in total. The summed E-state index contributed by atoms with van der Waals surface area (Å²) >= 11 is 3.87. The third-order valence-corrected chi connectivity index (χ3v) is 14.0. The van der Waals surface area contributed by atoms with Crippen LogP contribution < -0.4 is 21.3 Å². The van der Waals surface area contributed by atoms with Gasteiger partial charge in [0.15, 0.2) is 0 Å². The van der Waals surface area contributed by atoms with E-state index < -0.39 is 0 Å². The molecule has 6 heteroatoms. The number of anilines is 3. The van der Waals surface area contributed by atoms with Gasteiger partial charge in [-0.1, -0.05) is 134 Å². The van der Waals surface area contributed by atoms with E-state index in [1.165, 1.54) is 108 Å². The predicted octanol–water partition coefficient (Wildman–Crippen LogP) is 12.1. The molecule has 0 saturated heterocycles. The minimum atomic E-state index is 0.189. The van der Waals surface area contributed by atoms with E-state index in [1.54, 1.807) is 0 Å². The fourth-order valence-electron chi connectivity index (χ4n) is 9.65. The van der Waals surface area contributed by atoms with Gasteiger partial charge in [0.05, 0.1) is 22.1 Å². The SMILES string of the molecule is CC.c1ccc(N2c3cccc4c3B3c5c(cc(-n6c7ccccc7c7ccc8c9ccccc9n(-c9ccccc9)c8c76)cc5Sc5cccc2c53)S4)cc1. The van der Waals surface area contributed by atoms with Crippen LogP contribution in [0.2, 0.25) is 0 Å². The summed E-state index contributed by atoms with van der Waals surface area (Å²) in [5, 5.41) is 5.07. The molecule has 3 aliphatic heterocycles. The quantitative estimate of drug-likeness (QED) is 0.167. The summed E-state index contributed by atoms with van der Waals surface area (Å²) in [5.41, 5.74) is 15.4. The topological polar surface area (TPSA) is 13.1 Å². The highest BCUT2D eigenvalue weighted by atomic mass is 32.2. The van der Waals surface area contributed by atoms with E-state index in [1.807, 2.05) is 37.4 Å². The smallest absolute Gasteiger partial charge is 0.252 e. The van der Waals surface area contributed by atoms with Crippen molar-refractivity contribution in [3.63, 3.8) is 0 Å². The van der Waals surface area contributed by atoms with Crippen molar-refractivity contribution < 1.29 is 0 Å². The van der Waals surface area contributed by atoms with Gasteiger partial charge in [0.25, 0.3) is 6.71 Å². The summed E-state index contributed by atoms with van der Waals surface area (Å²) in [4.78, 5) is 7.86. The molecule has 0 saturated carbocycles. The Morgan fingerprint density at radius 3 is 1.38 bits per heavy atom. The van der Waals surface area contributed by atoms with Gasteiger partial charge in [-0.25, -0.2) is 0 Å². The number of aromatic nitrogens is 2.